The molecule has 3 aliphatic heterocycles. The van der Waals surface area contributed by atoms with E-state index in [1.807, 2.05) is 0 Å². The molecular formula is C8H15BO8. The lowest BCUT2D eigenvalue weighted by Crippen LogP contribution is -2.61. The van der Waals surface area contributed by atoms with Crippen LogP contribution in [0.15, 0.2) is 0 Å². The average molecular weight is 250 g/mol. The Hall–Kier alpha value is -0.255. The van der Waals surface area contributed by atoms with Crippen LogP contribution in [-0.2, 0) is 28.2 Å². The minimum Gasteiger partial charge on any atom is -0.394 e. The van der Waals surface area contributed by atoms with Crippen LogP contribution in [-0.4, -0.2) is 62.5 Å². The van der Waals surface area contributed by atoms with Gasteiger partial charge in [0.05, 0.1) is 26.4 Å². The summed E-state index contributed by atoms with van der Waals surface area (Å²) in [5.41, 5.74) is 0. The van der Waals surface area contributed by atoms with E-state index in [4.69, 9.17) is 33.3 Å². The lowest BCUT2D eigenvalue weighted by Gasteiger charge is -2.38. The van der Waals surface area contributed by atoms with Gasteiger partial charge in [0.1, 0.15) is 0 Å². The zero-order chi connectivity index (χ0) is 12.4. The molecule has 0 aromatic heterocycles. The van der Waals surface area contributed by atoms with Crippen LogP contribution < -0.4 is 0 Å². The summed E-state index contributed by atoms with van der Waals surface area (Å²) in [5, 5.41) is 18.4. The third-order valence-electron chi connectivity index (χ3n) is 2.24. The van der Waals surface area contributed by atoms with Crippen molar-refractivity contribution in [1.82, 2.24) is 0 Å². The molecule has 9 heteroatoms. The van der Waals surface area contributed by atoms with Gasteiger partial charge >= 0.3 is 19.3 Å². The molecule has 3 saturated heterocycles. The van der Waals surface area contributed by atoms with Crippen LogP contribution in [0.1, 0.15) is 6.92 Å². The second-order valence-corrected chi connectivity index (χ2v) is 3.40. The predicted octanol–water partition coefficient (Wildman–Crippen LogP) is -1.59. The molecule has 98 valence electrons. The molecule has 1 atom stereocenters. The minimum absolute atomic E-state index is 0.0633. The van der Waals surface area contributed by atoms with E-state index < -0.39 is 19.3 Å². The third kappa shape index (κ3) is 2.33. The van der Waals surface area contributed by atoms with E-state index in [9.17, 15) is 5.11 Å². The van der Waals surface area contributed by atoms with E-state index in [1.165, 1.54) is 0 Å². The smallest absolute Gasteiger partial charge is 0.394 e. The Labute approximate surface area is 98.5 Å². The van der Waals surface area contributed by atoms with E-state index in [0.29, 0.717) is 0 Å². The van der Waals surface area contributed by atoms with Gasteiger partial charge in [0.15, 0.2) is 0 Å². The number of rotatable bonds is 8. The van der Waals surface area contributed by atoms with Crippen LogP contribution >= 0.6 is 0 Å². The van der Waals surface area contributed by atoms with Crippen LogP contribution in [0, 0.1) is 0 Å². The van der Waals surface area contributed by atoms with Gasteiger partial charge in [0.25, 0.3) is 0 Å². The molecule has 0 aliphatic carbocycles. The minimum atomic E-state index is -2.05. The van der Waals surface area contributed by atoms with Crippen molar-refractivity contribution in [3.05, 3.63) is 0 Å². The maximum Gasteiger partial charge on any atom is 0.651 e. The van der Waals surface area contributed by atoms with Crippen LogP contribution in [0.5, 0.6) is 0 Å². The van der Waals surface area contributed by atoms with Crippen LogP contribution in [0.25, 0.3) is 0 Å². The summed E-state index contributed by atoms with van der Waals surface area (Å²) >= 11 is 0. The largest absolute Gasteiger partial charge is 0.651 e. The molecule has 3 heterocycles. The molecule has 17 heavy (non-hydrogen) atoms. The average Bonchev–Trinajstić information content (AvgIpc) is 2.65. The molecule has 0 aromatic rings. The fourth-order valence-electron chi connectivity index (χ4n) is 1.54. The number of hydrogen-bond donors (Lipinski definition) is 2. The van der Waals surface area contributed by atoms with Crippen molar-refractivity contribution >= 4 is 7.32 Å². The molecule has 2 bridgehead atoms. The van der Waals surface area contributed by atoms with E-state index in [-0.39, 0.29) is 33.0 Å². The van der Waals surface area contributed by atoms with Gasteiger partial charge < -0.3 is 38.4 Å². The van der Waals surface area contributed by atoms with Crippen molar-refractivity contribution in [3.8, 4) is 0 Å². The summed E-state index contributed by atoms with van der Waals surface area (Å²) in [4.78, 5) is 0. The SMILES string of the molecule is CCOC1(O)OB2OC1(OCCOCCO)O2. The van der Waals surface area contributed by atoms with E-state index in [0.717, 1.165) is 0 Å². The van der Waals surface area contributed by atoms with Gasteiger partial charge in [-0.1, -0.05) is 0 Å². The fraction of sp³-hybridized carbons (Fsp3) is 1.00. The number of aliphatic hydroxyl groups is 2. The maximum atomic E-state index is 9.95. The zero-order valence-corrected chi connectivity index (χ0v) is 9.46. The highest BCUT2D eigenvalue weighted by Crippen LogP contribution is 2.48. The Morgan fingerprint density at radius 2 is 1.88 bits per heavy atom. The van der Waals surface area contributed by atoms with Crippen LogP contribution in [0.4, 0.5) is 0 Å². The first-order valence-electron chi connectivity index (χ1n) is 5.38. The van der Waals surface area contributed by atoms with Crippen molar-refractivity contribution in [1.29, 1.82) is 0 Å². The summed E-state index contributed by atoms with van der Waals surface area (Å²) in [6.07, 6.45) is 0. The van der Waals surface area contributed by atoms with Gasteiger partial charge in [0.2, 0.25) is 0 Å². The Morgan fingerprint density at radius 1 is 1.12 bits per heavy atom. The molecule has 0 radical (unpaired) electrons. The fourth-order valence-corrected chi connectivity index (χ4v) is 1.54. The first-order valence-corrected chi connectivity index (χ1v) is 5.38. The van der Waals surface area contributed by atoms with Gasteiger partial charge in [0, 0.05) is 6.61 Å². The molecule has 0 spiro atoms. The van der Waals surface area contributed by atoms with Gasteiger partial charge in [-0.25, -0.2) is 0 Å². The van der Waals surface area contributed by atoms with E-state index in [2.05, 4.69) is 0 Å². The summed E-state index contributed by atoms with van der Waals surface area (Å²) < 4.78 is 30.3. The van der Waals surface area contributed by atoms with Gasteiger partial charge in [-0.3, -0.25) is 0 Å². The monoisotopic (exact) mass is 250 g/mol. The van der Waals surface area contributed by atoms with E-state index in [1.54, 1.807) is 6.92 Å². The second-order valence-electron chi connectivity index (χ2n) is 3.40. The topological polar surface area (TPSA) is 95.8 Å². The second kappa shape index (κ2) is 5.16. The number of hydrogen-bond acceptors (Lipinski definition) is 8. The molecule has 0 amide bonds. The number of ether oxygens (including phenoxy) is 3. The standard InChI is InChI=1S/C8H15BO8/c1-2-13-7(11)8(16-9(15-7)17-8)14-6-5-12-4-3-10/h10-11H,2-6H2,1H3. The summed E-state index contributed by atoms with van der Waals surface area (Å²) in [6, 6.07) is 0. The highest BCUT2D eigenvalue weighted by Gasteiger charge is 2.78. The lowest BCUT2D eigenvalue weighted by molar-refractivity contribution is -0.481. The van der Waals surface area contributed by atoms with Crippen LogP contribution in [0.2, 0.25) is 0 Å². The van der Waals surface area contributed by atoms with Crippen LogP contribution in [0.3, 0.4) is 0 Å². The molecular weight excluding hydrogens is 235 g/mol. The number of aliphatic hydroxyl groups excluding tert-OH is 1. The zero-order valence-electron chi connectivity index (χ0n) is 9.46. The van der Waals surface area contributed by atoms with Crippen molar-refractivity contribution in [3.63, 3.8) is 0 Å². The Morgan fingerprint density at radius 3 is 2.53 bits per heavy atom. The molecule has 3 fully saturated rings. The Bertz CT molecular complexity index is 258. The van der Waals surface area contributed by atoms with Gasteiger partial charge in [-0.05, 0) is 6.92 Å². The third-order valence-corrected chi connectivity index (χ3v) is 2.24. The molecule has 0 saturated carbocycles. The lowest BCUT2D eigenvalue weighted by atomic mass is 10.2. The first-order chi connectivity index (χ1) is 8.16. The molecule has 8 nitrogen and oxygen atoms in total. The quantitative estimate of drug-likeness (QED) is 0.302. The summed E-state index contributed by atoms with van der Waals surface area (Å²) in [5.74, 6) is -3.79. The maximum absolute atomic E-state index is 9.95. The highest BCUT2D eigenvalue weighted by atomic mass is 17.1. The van der Waals surface area contributed by atoms with Crippen molar-refractivity contribution in [2.24, 2.45) is 0 Å². The predicted molar refractivity (Wildman–Crippen MR) is 52.2 cm³/mol. The first kappa shape index (κ1) is 13.2. The summed E-state index contributed by atoms with van der Waals surface area (Å²) in [7, 11) is -0.968. The molecule has 2 N–H and O–H groups in total. The molecule has 3 rings (SSSR count). The van der Waals surface area contributed by atoms with E-state index >= 15 is 0 Å². The summed E-state index contributed by atoms with van der Waals surface area (Å²) in [6.45, 7) is 2.38. The van der Waals surface area contributed by atoms with Crippen molar-refractivity contribution < 1.29 is 38.4 Å². The molecule has 3 aliphatic rings. The van der Waals surface area contributed by atoms with Crippen molar-refractivity contribution in [2.45, 2.75) is 18.9 Å². The molecule has 0 aromatic carbocycles. The van der Waals surface area contributed by atoms with Gasteiger partial charge in [-0.15, -0.1) is 0 Å². The Kier molecular flexibility index (Phi) is 4.01. The normalized spacial score (nSPS) is 35.1. The van der Waals surface area contributed by atoms with Gasteiger partial charge in [-0.2, -0.15) is 0 Å². The number of fused-ring (bicyclic) bond motifs is 1. The van der Waals surface area contributed by atoms with Crippen molar-refractivity contribution in [2.75, 3.05) is 33.0 Å². The highest BCUT2D eigenvalue weighted by molar-refractivity contribution is 6.40. The molecule has 1 unspecified atom stereocenters. The Balaban J connectivity index is 1.78.